The molecule has 3 aromatic rings. The normalized spacial score (nSPS) is 11.5. The lowest BCUT2D eigenvalue weighted by atomic mass is 10.2. The Morgan fingerprint density at radius 1 is 0.944 bits per heavy atom. The Morgan fingerprint density at radius 3 is 2.44 bits per heavy atom. The standard InChI is InChI=1S/C15H14OSSi/c1-18(2)10-7-8-14-12(9-10)15(16)11-5-3-4-6-13(11)17-14/h3-9,18H,1-2H3. The molecule has 1 aromatic heterocycles. The summed E-state index contributed by atoms with van der Waals surface area (Å²) in [5.74, 6) is 0. The van der Waals surface area contributed by atoms with Crippen LogP contribution in [0, 0.1) is 0 Å². The lowest BCUT2D eigenvalue weighted by Crippen LogP contribution is -2.22. The van der Waals surface area contributed by atoms with Gasteiger partial charge in [0, 0.05) is 20.2 Å². The van der Waals surface area contributed by atoms with Gasteiger partial charge in [0.1, 0.15) is 0 Å². The molecule has 0 amide bonds. The number of rotatable bonds is 1. The summed E-state index contributed by atoms with van der Waals surface area (Å²) in [6, 6.07) is 14.3. The van der Waals surface area contributed by atoms with Crippen LogP contribution in [0.3, 0.4) is 0 Å². The molecule has 0 atom stereocenters. The van der Waals surface area contributed by atoms with Crippen LogP contribution in [0.4, 0.5) is 0 Å². The van der Waals surface area contributed by atoms with Gasteiger partial charge in [-0.2, -0.15) is 0 Å². The van der Waals surface area contributed by atoms with Crippen molar-refractivity contribution in [2.45, 2.75) is 13.1 Å². The number of fused-ring (bicyclic) bond motifs is 2. The van der Waals surface area contributed by atoms with E-state index in [9.17, 15) is 4.79 Å². The second kappa shape index (κ2) is 4.34. The molecule has 0 spiro atoms. The van der Waals surface area contributed by atoms with E-state index in [2.05, 4.69) is 31.3 Å². The Bertz CT molecular complexity index is 789. The number of hydrogen-bond acceptors (Lipinski definition) is 2. The Hall–Kier alpha value is -1.45. The summed E-state index contributed by atoms with van der Waals surface area (Å²) in [5, 5.41) is 3.09. The third kappa shape index (κ3) is 1.80. The summed E-state index contributed by atoms with van der Waals surface area (Å²) < 4.78 is 2.17. The molecule has 18 heavy (non-hydrogen) atoms. The number of benzene rings is 2. The fraction of sp³-hybridized carbons (Fsp3) is 0.133. The Kier molecular flexibility index (Phi) is 2.80. The van der Waals surface area contributed by atoms with Crippen LogP contribution in [0.25, 0.3) is 20.2 Å². The first-order valence-corrected chi connectivity index (χ1v) is 9.82. The first-order chi connectivity index (χ1) is 8.66. The largest absolute Gasteiger partial charge is 0.289 e. The molecule has 0 bridgehead atoms. The van der Waals surface area contributed by atoms with Gasteiger partial charge in [0.15, 0.2) is 5.43 Å². The van der Waals surface area contributed by atoms with Gasteiger partial charge in [0.2, 0.25) is 0 Å². The van der Waals surface area contributed by atoms with Gasteiger partial charge in [-0.1, -0.05) is 42.5 Å². The van der Waals surface area contributed by atoms with E-state index in [1.165, 1.54) is 5.19 Å². The highest BCUT2D eigenvalue weighted by Crippen LogP contribution is 2.23. The van der Waals surface area contributed by atoms with Gasteiger partial charge in [-0.05, 0) is 18.2 Å². The predicted octanol–water partition coefficient (Wildman–Crippen LogP) is 3.11. The maximum absolute atomic E-state index is 12.5. The van der Waals surface area contributed by atoms with Crippen LogP contribution < -0.4 is 10.6 Å². The Labute approximate surface area is 111 Å². The summed E-state index contributed by atoms with van der Waals surface area (Å²) in [7, 11) is -0.853. The first kappa shape index (κ1) is 11.6. The maximum Gasteiger partial charge on any atom is 0.195 e. The molecular formula is C15H14OSSi. The highest BCUT2D eigenvalue weighted by atomic mass is 32.1. The number of hydrogen-bond donors (Lipinski definition) is 0. The van der Waals surface area contributed by atoms with Crippen LogP contribution in [0.1, 0.15) is 0 Å². The summed E-state index contributed by atoms with van der Waals surface area (Å²) in [6.07, 6.45) is 0. The lowest BCUT2D eigenvalue weighted by Gasteiger charge is -2.06. The highest BCUT2D eigenvalue weighted by Gasteiger charge is 2.08. The average molecular weight is 270 g/mol. The molecule has 0 saturated carbocycles. The molecule has 0 unspecified atom stereocenters. The minimum absolute atomic E-state index is 0.177. The van der Waals surface area contributed by atoms with E-state index in [0.29, 0.717) is 0 Å². The third-order valence-electron chi connectivity index (χ3n) is 3.27. The van der Waals surface area contributed by atoms with Crippen molar-refractivity contribution >= 4 is 45.5 Å². The maximum atomic E-state index is 12.5. The molecule has 0 fully saturated rings. The minimum atomic E-state index is -0.853. The summed E-state index contributed by atoms with van der Waals surface area (Å²) in [5.41, 5.74) is 0.177. The fourth-order valence-electron chi connectivity index (χ4n) is 2.18. The highest BCUT2D eigenvalue weighted by molar-refractivity contribution is 7.24. The molecule has 0 saturated heterocycles. The van der Waals surface area contributed by atoms with Gasteiger partial charge in [-0.15, -0.1) is 11.3 Å². The van der Waals surface area contributed by atoms with Crippen LogP contribution in [0.2, 0.25) is 13.1 Å². The third-order valence-corrected chi connectivity index (χ3v) is 6.11. The second-order valence-corrected chi connectivity index (χ2v) is 8.90. The monoisotopic (exact) mass is 270 g/mol. The molecule has 0 N–H and O–H groups in total. The van der Waals surface area contributed by atoms with Crippen molar-refractivity contribution in [1.82, 2.24) is 0 Å². The second-order valence-electron chi connectivity index (χ2n) is 4.84. The van der Waals surface area contributed by atoms with Gasteiger partial charge in [-0.25, -0.2) is 0 Å². The van der Waals surface area contributed by atoms with E-state index >= 15 is 0 Å². The van der Waals surface area contributed by atoms with Crippen LogP contribution >= 0.6 is 11.3 Å². The van der Waals surface area contributed by atoms with Crippen molar-refractivity contribution in [3.8, 4) is 0 Å². The lowest BCUT2D eigenvalue weighted by molar-refractivity contribution is 1.76. The SMILES string of the molecule is C[SiH](C)c1ccc2sc3ccccc3c(=O)c2c1. The van der Waals surface area contributed by atoms with Gasteiger partial charge in [-0.3, -0.25) is 4.79 Å². The first-order valence-electron chi connectivity index (χ1n) is 6.12. The molecular weight excluding hydrogens is 256 g/mol. The van der Waals surface area contributed by atoms with Crippen molar-refractivity contribution in [1.29, 1.82) is 0 Å². The molecule has 3 rings (SSSR count). The van der Waals surface area contributed by atoms with Crippen LogP contribution in [0.5, 0.6) is 0 Å². The quantitative estimate of drug-likeness (QED) is 0.490. The van der Waals surface area contributed by atoms with Crippen LogP contribution in [0.15, 0.2) is 47.3 Å². The average Bonchev–Trinajstić information content (AvgIpc) is 2.38. The van der Waals surface area contributed by atoms with Crippen molar-refractivity contribution in [3.05, 3.63) is 52.7 Å². The zero-order valence-electron chi connectivity index (χ0n) is 10.4. The van der Waals surface area contributed by atoms with E-state index in [-0.39, 0.29) is 5.43 Å². The van der Waals surface area contributed by atoms with Crippen molar-refractivity contribution < 1.29 is 0 Å². The van der Waals surface area contributed by atoms with E-state index in [1.807, 2.05) is 24.3 Å². The zero-order valence-corrected chi connectivity index (χ0v) is 12.4. The fourth-order valence-corrected chi connectivity index (χ4v) is 4.21. The van der Waals surface area contributed by atoms with Crippen molar-refractivity contribution in [3.63, 3.8) is 0 Å². The molecule has 1 nitrogen and oxygen atoms in total. The smallest absolute Gasteiger partial charge is 0.195 e. The van der Waals surface area contributed by atoms with Gasteiger partial charge >= 0.3 is 0 Å². The molecule has 0 aliphatic rings. The van der Waals surface area contributed by atoms with Gasteiger partial charge in [0.25, 0.3) is 0 Å². The zero-order chi connectivity index (χ0) is 12.7. The topological polar surface area (TPSA) is 17.1 Å². The molecule has 3 heteroatoms. The van der Waals surface area contributed by atoms with E-state index in [4.69, 9.17) is 0 Å². The molecule has 0 radical (unpaired) electrons. The van der Waals surface area contributed by atoms with Gasteiger partial charge in [0.05, 0.1) is 8.80 Å². The Balaban J connectivity index is 2.45. The van der Waals surface area contributed by atoms with Crippen LogP contribution in [-0.4, -0.2) is 8.80 Å². The Morgan fingerprint density at radius 2 is 1.67 bits per heavy atom. The van der Waals surface area contributed by atoms with Crippen LogP contribution in [-0.2, 0) is 0 Å². The summed E-state index contributed by atoms with van der Waals surface area (Å²) in [4.78, 5) is 12.5. The van der Waals surface area contributed by atoms with E-state index in [0.717, 1.165) is 20.2 Å². The predicted molar refractivity (Wildman–Crippen MR) is 84.1 cm³/mol. The molecule has 1 heterocycles. The molecule has 90 valence electrons. The minimum Gasteiger partial charge on any atom is -0.289 e. The van der Waals surface area contributed by atoms with Crippen molar-refractivity contribution in [2.24, 2.45) is 0 Å². The van der Waals surface area contributed by atoms with E-state index < -0.39 is 8.80 Å². The molecule has 0 aliphatic heterocycles. The van der Waals surface area contributed by atoms with Gasteiger partial charge < -0.3 is 0 Å². The van der Waals surface area contributed by atoms with Crippen molar-refractivity contribution in [2.75, 3.05) is 0 Å². The van der Waals surface area contributed by atoms with E-state index in [1.54, 1.807) is 11.3 Å². The summed E-state index contributed by atoms with van der Waals surface area (Å²) in [6.45, 7) is 4.58. The summed E-state index contributed by atoms with van der Waals surface area (Å²) >= 11 is 1.70. The molecule has 0 aliphatic carbocycles. The molecule has 2 aromatic carbocycles.